The van der Waals surface area contributed by atoms with E-state index in [0.29, 0.717) is 25.1 Å². The topological polar surface area (TPSA) is 41.6 Å². The average Bonchev–Trinajstić information content (AvgIpc) is 2.40. The SMILES string of the molecule is CC(C)C#CC1CCN(C(=O)CNCOC(C)(C)C)CC1. The van der Waals surface area contributed by atoms with Gasteiger partial charge < -0.3 is 9.64 Å². The van der Waals surface area contributed by atoms with Crippen LogP contribution in [0.15, 0.2) is 0 Å². The summed E-state index contributed by atoms with van der Waals surface area (Å²) in [5, 5.41) is 3.05. The maximum atomic E-state index is 12.1. The second kappa shape index (κ2) is 8.41. The first-order chi connectivity index (χ1) is 9.78. The number of nitrogens with one attached hydrogen (secondary N) is 1. The van der Waals surface area contributed by atoms with Gasteiger partial charge in [0, 0.05) is 24.9 Å². The first kappa shape index (κ1) is 18.0. The van der Waals surface area contributed by atoms with E-state index in [-0.39, 0.29) is 11.5 Å². The smallest absolute Gasteiger partial charge is 0.236 e. The minimum Gasteiger partial charge on any atom is -0.361 e. The molecule has 0 saturated carbocycles. The first-order valence-electron chi connectivity index (χ1n) is 7.91. The summed E-state index contributed by atoms with van der Waals surface area (Å²) >= 11 is 0. The highest BCUT2D eigenvalue weighted by Gasteiger charge is 2.21. The fourth-order valence-corrected chi connectivity index (χ4v) is 2.10. The first-order valence-corrected chi connectivity index (χ1v) is 7.91. The second-order valence-electron chi connectivity index (χ2n) is 6.93. The van der Waals surface area contributed by atoms with Gasteiger partial charge in [0.2, 0.25) is 5.91 Å². The predicted molar refractivity (Wildman–Crippen MR) is 85.6 cm³/mol. The van der Waals surface area contributed by atoms with Crippen LogP contribution in [0.2, 0.25) is 0 Å². The molecule has 1 amide bonds. The third-order valence-corrected chi connectivity index (χ3v) is 3.31. The van der Waals surface area contributed by atoms with Crippen LogP contribution in [0.3, 0.4) is 0 Å². The van der Waals surface area contributed by atoms with Gasteiger partial charge >= 0.3 is 0 Å². The van der Waals surface area contributed by atoms with Gasteiger partial charge in [-0.15, -0.1) is 5.92 Å². The van der Waals surface area contributed by atoms with Crippen molar-refractivity contribution in [2.45, 2.75) is 53.1 Å². The summed E-state index contributed by atoms with van der Waals surface area (Å²) in [5.74, 6) is 7.59. The van der Waals surface area contributed by atoms with E-state index in [0.717, 1.165) is 25.9 Å². The number of carbonyl (C=O) groups excluding carboxylic acids is 1. The van der Waals surface area contributed by atoms with Crippen LogP contribution in [-0.4, -0.2) is 42.8 Å². The summed E-state index contributed by atoms with van der Waals surface area (Å²) in [6.45, 7) is 12.6. The monoisotopic (exact) mass is 294 g/mol. The molecule has 1 N–H and O–H groups in total. The Labute approximate surface area is 129 Å². The zero-order valence-electron chi connectivity index (χ0n) is 14.2. The van der Waals surface area contributed by atoms with Crippen LogP contribution in [-0.2, 0) is 9.53 Å². The lowest BCUT2D eigenvalue weighted by atomic mass is 9.96. The van der Waals surface area contributed by atoms with Gasteiger partial charge in [0.25, 0.3) is 0 Å². The lowest BCUT2D eigenvalue weighted by Crippen LogP contribution is -2.43. The van der Waals surface area contributed by atoms with E-state index in [1.807, 2.05) is 25.7 Å². The molecule has 0 spiro atoms. The minimum absolute atomic E-state index is 0.155. The summed E-state index contributed by atoms with van der Waals surface area (Å²) in [6.07, 6.45) is 1.98. The van der Waals surface area contributed by atoms with Crippen LogP contribution in [0.1, 0.15) is 47.5 Å². The van der Waals surface area contributed by atoms with E-state index >= 15 is 0 Å². The number of nitrogens with zero attached hydrogens (tertiary/aromatic N) is 1. The molecule has 4 nitrogen and oxygen atoms in total. The molecule has 1 fully saturated rings. The van der Waals surface area contributed by atoms with E-state index in [4.69, 9.17) is 4.74 Å². The lowest BCUT2D eigenvalue weighted by molar-refractivity contribution is -0.132. The number of amides is 1. The summed E-state index contributed by atoms with van der Waals surface area (Å²) in [4.78, 5) is 14.0. The number of likely N-dealkylation sites (tertiary alicyclic amines) is 1. The quantitative estimate of drug-likeness (QED) is 0.491. The zero-order valence-corrected chi connectivity index (χ0v) is 14.2. The van der Waals surface area contributed by atoms with Crippen molar-refractivity contribution in [2.75, 3.05) is 26.4 Å². The molecule has 4 heteroatoms. The predicted octanol–water partition coefficient (Wildman–Crippen LogP) is 2.25. The molecule has 0 aromatic rings. The van der Waals surface area contributed by atoms with E-state index in [2.05, 4.69) is 31.0 Å². The maximum absolute atomic E-state index is 12.1. The molecule has 1 heterocycles. The third-order valence-electron chi connectivity index (χ3n) is 3.31. The van der Waals surface area contributed by atoms with Crippen LogP contribution in [0.25, 0.3) is 0 Å². The Hall–Kier alpha value is -1.05. The van der Waals surface area contributed by atoms with Gasteiger partial charge in [-0.1, -0.05) is 19.8 Å². The summed E-state index contributed by atoms with van der Waals surface area (Å²) < 4.78 is 5.54. The van der Waals surface area contributed by atoms with Crippen molar-refractivity contribution in [3.63, 3.8) is 0 Å². The fraction of sp³-hybridized carbons (Fsp3) is 0.824. The zero-order chi connectivity index (χ0) is 15.9. The number of ether oxygens (including phenoxy) is 1. The molecule has 0 unspecified atom stereocenters. The normalized spacial score (nSPS) is 16.8. The van der Waals surface area contributed by atoms with E-state index in [1.165, 1.54) is 0 Å². The highest BCUT2D eigenvalue weighted by atomic mass is 16.5. The average molecular weight is 294 g/mol. The molecular formula is C17H30N2O2. The number of carbonyl (C=O) groups is 1. The number of rotatable bonds is 4. The van der Waals surface area contributed by atoms with Crippen molar-refractivity contribution in [1.82, 2.24) is 10.2 Å². The Morgan fingerprint density at radius 3 is 2.48 bits per heavy atom. The van der Waals surface area contributed by atoms with Crippen molar-refractivity contribution in [3.05, 3.63) is 0 Å². The molecule has 21 heavy (non-hydrogen) atoms. The summed E-state index contributed by atoms with van der Waals surface area (Å²) in [5.41, 5.74) is -0.177. The second-order valence-corrected chi connectivity index (χ2v) is 6.93. The summed E-state index contributed by atoms with van der Waals surface area (Å²) in [7, 11) is 0. The molecule has 0 aromatic heterocycles. The van der Waals surface area contributed by atoms with Crippen molar-refractivity contribution in [1.29, 1.82) is 0 Å². The van der Waals surface area contributed by atoms with Crippen LogP contribution in [0.4, 0.5) is 0 Å². The van der Waals surface area contributed by atoms with Crippen LogP contribution < -0.4 is 5.32 Å². The molecule has 0 bridgehead atoms. The van der Waals surface area contributed by atoms with Crippen LogP contribution >= 0.6 is 0 Å². The molecular weight excluding hydrogens is 264 g/mol. The van der Waals surface area contributed by atoms with Crippen molar-refractivity contribution in [3.8, 4) is 11.8 Å². The number of hydrogen-bond acceptors (Lipinski definition) is 3. The maximum Gasteiger partial charge on any atom is 0.236 e. The third kappa shape index (κ3) is 8.08. The highest BCUT2D eigenvalue weighted by molar-refractivity contribution is 5.78. The van der Waals surface area contributed by atoms with Gasteiger partial charge in [-0.05, 0) is 33.6 Å². The molecule has 0 aliphatic carbocycles. The Morgan fingerprint density at radius 2 is 1.95 bits per heavy atom. The molecule has 0 aromatic carbocycles. The molecule has 120 valence electrons. The summed E-state index contributed by atoms with van der Waals surface area (Å²) in [6, 6.07) is 0. The molecule has 0 radical (unpaired) electrons. The molecule has 1 aliphatic rings. The van der Waals surface area contributed by atoms with Gasteiger partial charge in [0.05, 0.1) is 18.9 Å². The molecule has 1 aliphatic heterocycles. The number of piperidine rings is 1. The fourth-order valence-electron chi connectivity index (χ4n) is 2.10. The van der Waals surface area contributed by atoms with Gasteiger partial charge in [0.1, 0.15) is 0 Å². The Bertz CT molecular complexity index is 380. The van der Waals surface area contributed by atoms with Gasteiger partial charge in [-0.2, -0.15) is 0 Å². The van der Waals surface area contributed by atoms with E-state index in [1.54, 1.807) is 0 Å². The minimum atomic E-state index is -0.177. The molecule has 1 saturated heterocycles. The van der Waals surface area contributed by atoms with Crippen LogP contribution in [0, 0.1) is 23.7 Å². The van der Waals surface area contributed by atoms with Gasteiger partial charge in [-0.3, -0.25) is 10.1 Å². The van der Waals surface area contributed by atoms with Crippen molar-refractivity contribution < 1.29 is 9.53 Å². The van der Waals surface area contributed by atoms with Gasteiger partial charge in [-0.25, -0.2) is 0 Å². The van der Waals surface area contributed by atoms with Gasteiger partial charge in [0.15, 0.2) is 0 Å². The van der Waals surface area contributed by atoms with E-state index in [9.17, 15) is 4.79 Å². The Kier molecular flexibility index (Phi) is 7.21. The molecule has 1 rings (SSSR count). The van der Waals surface area contributed by atoms with Crippen molar-refractivity contribution >= 4 is 5.91 Å². The Morgan fingerprint density at radius 1 is 1.33 bits per heavy atom. The largest absolute Gasteiger partial charge is 0.361 e. The standard InChI is InChI=1S/C17H30N2O2/c1-14(2)6-7-15-8-10-19(11-9-15)16(20)12-18-13-21-17(3,4)5/h14-15,18H,8-13H2,1-5H3. The lowest BCUT2D eigenvalue weighted by Gasteiger charge is -2.30. The van der Waals surface area contributed by atoms with Crippen molar-refractivity contribution in [2.24, 2.45) is 11.8 Å². The highest BCUT2D eigenvalue weighted by Crippen LogP contribution is 2.16. The van der Waals surface area contributed by atoms with Crippen LogP contribution in [0.5, 0.6) is 0 Å². The molecule has 0 atom stereocenters. The Balaban J connectivity index is 2.22. The number of hydrogen-bond donors (Lipinski definition) is 1. The van der Waals surface area contributed by atoms with E-state index < -0.39 is 0 Å².